The third kappa shape index (κ3) is 2.56. The fourth-order valence-electron chi connectivity index (χ4n) is 1.32. The summed E-state index contributed by atoms with van der Waals surface area (Å²) in [5, 5.41) is 1.77. The fourth-order valence-corrected chi connectivity index (χ4v) is 2.00. The molecule has 0 saturated carbocycles. The Morgan fingerprint density at radius 2 is 2.06 bits per heavy atom. The first kappa shape index (κ1) is 11.9. The number of nitrogens with zero attached hydrogens (tertiary/aromatic N) is 1. The number of pyridine rings is 1. The van der Waals surface area contributed by atoms with Crippen molar-refractivity contribution >= 4 is 17.2 Å². The first-order valence-corrected chi connectivity index (χ1v) is 5.48. The van der Waals surface area contributed by atoms with E-state index in [-0.39, 0.29) is 11.5 Å². The number of anilines is 1. The third-order valence-electron chi connectivity index (χ3n) is 2.07. The summed E-state index contributed by atoms with van der Waals surface area (Å²) in [4.78, 5) is 4.64. The summed E-state index contributed by atoms with van der Waals surface area (Å²) in [6.07, 6.45) is -4.42. The molecule has 0 bridgehead atoms. The van der Waals surface area contributed by atoms with Crippen LogP contribution in [0.1, 0.15) is 5.56 Å². The van der Waals surface area contributed by atoms with Gasteiger partial charge in [0.25, 0.3) is 0 Å². The molecule has 17 heavy (non-hydrogen) atoms. The van der Waals surface area contributed by atoms with Gasteiger partial charge in [-0.2, -0.15) is 13.2 Å². The van der Waals surface area contributed by atoms with E-state index in [1.807, 2.05) is 0 Å². The largest absolute Gasteiger partial charge is 0.416 e. The maximum atomic E-state index is 12.6. The molecule has 2 rings (SSSR count). The highest BCUT2D eigenvalue weighted by atomic mass is 32.1. The van der Waals surface area contributed by atoms with E-state index in [9.17, 15) is 13.2 Å². The van der Waals surface area contributed by atoms with Crippen LogP contribution < -0.4 is 11.3 Å². The summed E-state index contributed by atoms with van der Waals surface area (Å²) in [5.41, 5.74) is 1.61. The Hall–Kier alpha value is -1.60. The summed E-state index contributed by atoms with van der Waals surface area (Å²) in [6, 6.07) is 5.33. The Bertz CT molecular complexity index is 508. The Kier molecular flexibility index (Phi) is 3.03. The van der Waals surface area contributed by atoms with Crippen molar-refractivity contribution < 1.29 is 13.2 Å². The Labute approximate surface area is 99.1 Å². The molecule has 0 aromatic carbocycles. The number of rotatable bonds is 2. The SMILES string of the molecule is NNc1cc(C(F)(F)F)cc(-c2cccs2)n1. The standard InChI is InChI=1S/C10H8F3N3S/c11-10(12,13)6-4-7(8-2-1-3-17-8)15-9(5-6)16-14/h1-5H,14H2,(H,15,16). The van der Waals surface area contributed by atoms with Gasteiger partial charge >= 0.3 is 6.18 Å². The molecule has 0 amide bonds. The second-order valence-electron chi connectivity index (χ2n) is 3.25. The van der Waals surface area contributed by atoms with Gasteiger partial charge in [0.2, 0.25) is 0 Å². The summed E-state index contributed by atoms with van der Waals surface area (Å²) in [5.74, 6) is 5.10. The van der Waals surface area contributed by atoms with E-state index in [2.05, 4.69) is 10.4 Å². The number of hydrazine groups is 1. The van der Waals surface area contributed by atoms with Crippen LogP contribution in [0.2, 0.25) is 0 Å². The molecule has 2 heterocycles. The van der Waals surface area contributed by atoms with Crippen LogP contribution >= 0.6 is 11.3 Å². The monoisotopic (exact) mass is 259 g/mol. The third-order valence-corrected chi connectivity index (χ3v) is 2.97. The molecule has 2 aromatic rings. The number of thiophene rings is 1. The van der Waals surface area contributed by atoms with Crippen molar-refractivity contribution in [2.45, 2.75) is 6.18 Å². The highest BCUT2D eigenvalue weighted by Crippen LogP contribution is 2.34. The van der Waals surface area contributed by atoms with Gasteiger partial charge in [0.05, 0.1) is 16.1 Å². The van der Waals surface area contributed by atoms with Crippen LogP contribution in [0.4, 0.5) is 19.0 Å². The number of nitrogens with one attached hydrogen (secondary N) is 1. The zero-order chi connectivity index (χ0) is 12.5. The normalized spacial score (nSPS) is 11.5. The number of nitrogen functional groups attached to an aromatic ring is 1. The van der Waals surface area contributed by atoms with Crippen LogP contribution in [0.25, 0.3) is 10.6 Å². The molecule has 0 saturated heterocycles. The van der Waals surface area contributed by atoms with Crippen LogP contribution in [0.15, 0.2) is 29.6 Å². The number of halogens is 3. The van der Waals surface area contributed by atoms with Crippen molar-refractivity contribution in [1.29, 1.82) is 0 Å². The molecule has 0 aliphatic carbocycles. The van der Waals surface area contributed by atoms with E-state index in [1.165, 1.54) is 11.3 Å². The molecule has 0 radical (unpaired) electrons. The van der Waals surface area contributed by atoms with E-state index in [1.54, 1.807) is 17.5 Å². The Morgan fingerprint density at radius 1 is 1.29 bits per heavy atom. The lowest BCUT2D eigenvalue weighted by molar-refractivity contribution is -0.137. The maximum absolute atomic E-state index is 12.6. The predicted octanol–water partition coefficient (Wildman–Crippen LogP) is 3.11. The minimum atomic E-state index is -4.42. The van der Waals surface area contributed by atoms with Crippen molar-refractivity contribution in [1.82, 2.24) is 4.98 Å². The van der Waals surface area contributed by atoms with Crippen molar-refractivity contribution in [3.8, 4) is 10.6 Å². The molecule has 3 N–H and O–H groups in total. The van der Waals surface area contributed by atoms with Gasteiger partial charge in [-0.3, -0.25) is 0 Å². The maximum Gasteiger partial charge on any atom is 0.416 e. The lowest BCUT2D eigenvalue weighted by atomic mass is 10.2. The summed E-state index contributed by atoms with van der Waals surface area (Å²) < 4.78 is 37.9. The molecular formula is C10H8F3N3S. The lowest BCUT2D eigenvalue weighted by Crippen LogP contribution is -2.12. The first-order valence-electron chi connectivity index (χ1n) is 4.60. The smallest absolute Gasteiger partial charge is 0.308 e. The molecule has 0 aliphatic rings. The fraction of sp³-hybridized carbons (Fsp3) is 0.100. The van der Waals surface area contributed by atoms with E-state index in [0.29, 0.717) is 4.88 Å². The van der Waals surface area contributed by atoms with Crippen molar-refractivity contribution in [2.24, 2.45) is 5.84 Å². The van der Waals surface area contributed by atoms with Gasteiger partial charge in [0, 0.05) is 0 Å². The Morgan fingerprint density at radius 3 is 2.59 bits per heavy atom. The van der Waals surface area contributed by atoms with Gasteiger partial charge in [-0.05, 0) is 23.6 Å². The van der Waals surface area contributed by atoms with Gasteiger partial charge in [-0.1, -0.05) is 6.07 Å². The molecule has 0 unspecified atom stereocenters. The minimum absolute atomic E-state index is 0.0109. The summed E-state index contributed by atoms with van der Waals surface area (Å²) in [7, 11) is 0. The predicted molar refractivity (Wildman–Crippen MR) is 60.4 cm³/mol. The number of hydrogen-bond acceptors (Lipinski definition) is 4. The molecule has 3 nitrogen and oxygen atoms in total. The van der Waals surface area contributed by atoms with Crippen LogP contribution in [0.5, 0.6) is 0 Å². The molecule has 7 heteroatoms. The van der Waals surface area contributed by atoms with E-state index >= 15 is 0 Å². The average molecular weight is 259 g/mol. The summed E-state index contributed by atoms with van der Waals surface area (Å²) in [6.45, 7) is 0. The number of hydrogen-bond donors (Lipinski definition) is 2. The second kappa shape index (κ2) is 4.34. The zero-order valence-electron chi connectivity index (χ0n) is 8.45. The molecule has 0 spiro atoms. The number of alkyl halides is 3. The van der Waals surface area contributed by atoms with Gasteiger partial charge in [-0.25, -0.2) is 10.8 Å². The summed E-state index contributed by atoms with van der Waals surface area (Å²) >= 11 is 1.32. The minimum Gasteiger partial charge on any atom is -0.308 e. The molecule has 0 atom stereocenters. The van der Waals surface area contributed by atoms with Crippen LogP contribution in [-0.2, 0) is 6.18 Å². The first-order chi connectivity index (χ1) is 8.00. The van der Waals surface area contributed by atoms with Gasteiger partial charge < -0.3 is 5.43 Å². The molecule has 90 valence electrons. The second-order valence-corrected chi connectivity index (χ2v) is 4.19. The highest BCUT2D eigenvalue weighted by Gasteiger charge is 2.31. The van der Waals surface area contributed by atoms with Crippen LogP contribution in [0.3, 0.4) is 0 Å². The van der Waals surface area contributed by atoms with E-state index in [0.717, 1.165) is 12.1 Å². The topological polar surface area (TPSA) is 50.9 Å². The number of aromatic nitrogens is 1. The quantitative estimate of drug-likeness (QED) is 0.643. The van der Waals surface area contributed by atoms with Crippen molar-refractivity contribution in [3.63, 3.8) is 0 Å². The van der Waals surface area contributed by atoms with E-state index < -0.39 is 11.7 Å². The van der Waals surface area contributed by atoms with E-state index in [4.69, 9.17) is 5.84 Å². The van der Waals surface area contributed by atoms with Crippen LogP contribution in [-0.4, -0.2) is 4.98 Å². The Balaban J connectivity index is 2.54. The van der Waals surface area contributed by atoms with Crippen molar-refractivity contribution in [3.05, 3.63) is 35.2 Å². The average Bonchev–Trinajstić information content (AvgIpc) is 2.80. The molecular weight excluding hydrogens is 251 g/mol. The molecule has 0 aliphatic heterocycles. The number of nitrogens with two attached hydrogens (primary N) is 1. The molecule has 0 fully saturated rings. The molecule has 2 aromatic heterocycles. The van der Waals surface area contributed by atoms with Gasteiger partial charge in [-0.15, -0.1) is 11.3 Å². The zero-order valence-corrected chi connectivity index (χ0v) is 9.27. The van der Waals surface area contributed by atoms with Gasteiger partial charge in [0.1, 0.15) is 5.82 Å². The lowest BCUT2D eigenvalue weighted by Gasteiger charge is -2.10. The van der Waals surface area contributed by atoms with Crippen molar-refractivity contribution in [2.75, 3.05) is 5.43 Å². The van der Waals surface area contributed by atoms with Gasteiger partial charge in [0.15, 0.2) is 0 Å². The highest BCUT2D eigenvalue weighted by molar-refractivity contribution is 7.13. The van der Waals surface area contributed by atoms with Crippen LogP contribution in [0, 0.1) is 0 Å².